The minimum atomic E-state index is -0.146. The minimum Gasteiger partial charge on any atom is -0.469 e. The summed E-state index contributed by atoms with van der Waals surface area (Å²) in [5, 5.41) is 1.27. The molecule has 0 saturated carbocycles. The lowest BCUT2D eigenvalue weighted by atomic mass is 9.87. The molecule has 3 aromatic rings. The lowest BCUT2D eigenvalue weighted by Gasteiger charge is -2.27. The molecule has 4 nitrogen and oxygen atoms in total. The maximum absolute atomic E-state index is 13.5. The summed E-state index contributed by atoms with van der Waals surface area (Å²) >= 11 is 0. The summed E-state index contributed by atoms with van der Waals surface area (Å²) in [6, 6.07) is 6.46. The van der Waals surface area contributed by atoms with Crippen LogP contribution in [0.5, 0.6) is 0 Å². The van der Waals surface area contributed by atoms with Crippen LogP contribution in [0.4, 0.5) is 0 Å². The Morgan fingerprint density at radius 3 is 2.84 bits per heavy atom. The normalized spacial score (nSPS) is 20.3. The molecule has 25 heavy (non-hydrogen) atoms. The van der Waals surface area contributed by atoms with Crippen molar-refractivity contribution in [3.05, 3.63) is 58.2 Å². The molecule has 0 fully saturated rings. The van der Waals surface area contributed by atoms with Gasteiger partial charge >= 0.3 is 0 Å². The molecule has 2 aromatic heterocycles. The molecule has 0 N–H and O–H groups in total. The fourth-order valence-corrected chi connectivity index (χ4v) is 4.72. The number of furan rings is 1. The van der Waals surface area contributed by atoms with E-state index in [4.69, 9.17) is 4.42 Å². The molecular formula is C21H22N2O2. The second-order valence-electron chi connectivity index (χ2n) is 7.60. The Morgan fingerprint density at radius 2 is 2.08 bits per heavy atom. The number of aryl methyl sites for hydroxylation is 2. The first-order valence-electron chi connectivity index (χ1n) is 8.97. The van der Waals surface area contributed by atoms with Crippen LogP contribution < -0.4 is 0 Å². The van der Waals surface area contributed by atoms with Crippen LogP contribution in [0.25, 0.3) is 10.9 Å². The summed E-state index contributed by atoms with van der Waals surface area (Å²) in [6.07, 6.45) is 3.39. The summed E-state index contributed by atoms with van der Waals surface area (Å²) in [5.74, 6) is 0.913. The second kappa shape index (κ2) is 5.09. The van der Waals surface area contributed by atoms with Gasteiger partial charge in [-0.1, -0.05) is 11.6 Å². The Bertz CT molecular complexity index is 1020. The van der Waals surface area contributed by atoms with E-state index in [1.165, 1.54) is 27.8 Å². The van der Waals surface area contributed by atoms with Gasteiger partial charge in [0.25, 0.3) is 0 Å². The maximum Gasteiger partial charge on any atom is 0.239 e. The van der Waals surface area contributed by atoms with E-state index in [1.807, 2.05) is 17.6 Å². The number of fused-ring (bicyclic) bond motifs is 3. The lowest BCUT2D eigenvalue weighted by Crippen LogP contribution is -2.32. The summed E-state index contributed by atoms with van der Waals surface area (Å²) in [7, 11) is 2.15. The van der Waals surface area contributed by atoms with Gasteiger partial charge < -0.3 is 9.32 Å². The van der Waals surface area contributed by atoms with Gasteiger partial charge in [0.15, 0.2) is 0 Å². The van der Waals surface area contributed by atoms with Crippen LogP contribution in [-0.2, 0) is 19.4 Å². The van der Waals surface area contributed by atoms with Crippen molar-refractivity contribution in [2.75, 3.05) is 13.6 Å². The highest BCUT2D eigenvalue weighted by Gasteiger charge is 2.36. The predicted molar refractivity (Wildman–Crippen MR) is 97.2 cm³/mol. The van der Waals surface area contributed by atoms with E-state index in [9.17, 15) is 4.79 Å². The van der Waals surface area contributed by atoms with Crippen LogP contribution in [0.3, 0.4) is 0 Å². The fraction of sp³-hybridized carbons (Fsp3) is 0.381. The van der Waals surface area contributed by atoms with Crippen LogP contribution in [-0.4, -0.2) is 29.0 Å². The molecule has 1 unspecified atom stereocenters. The third-order valence-corrected chi connectivity index (χ3v) is 5.88. The Kier molecular flexibility index (Phi) is 3.04. The van der Waals surface area contributed by atoms with E-state index < -0.39 is 0 Å². The van der Waals surface area contributed by atoms with Gasteiger partial charge in [0.2, 0.25) is 5.91 Å². The zero-order valence-corrected chi connectivity index (χ0v) is 14.9. The van der Waals surface area contributed by atoms with E-state index in [2.05, 4.69) is 31.0 Å². The third-order valence-electron chi connectivity index (χ3n) is 5.88. The van der Waals surface area contributed by atoms with Gasteiger partial charge in [-0.25, -0.2) is 0 Å². The second-order valence-corrected chi connectivity index (χ2v) is 7.60. The molecule has 0 aliphatic carbocycles. The number of hydrogen-bond donors (Lipinski definition) is 0. The van der Waals surface area contributed by atoms with Crippen LogP contribution in [0.2, 0.25) is 0 Å². The topological polar surface area (TPSA) is 38.4 Å². The molecule has 2 aliphatic rings. The standard InChI is InChI=1S/C21H22N2O2/c1-12-8-14-10-17(15-5-7-25-13(15)2)21(24)23-19-4-6-22(3)11-18(19)16(9-12)20(14)23/h5,7-9,17H,4,6,10-11H2,1-3H3. The average Bonchev–Trinajstić information content (AvgIpc) is 3.13. The van der Waals surface area contributed by atoms with Crippen molar-refractivity contribution >= 4 is 16.8 Å². The number of carbonyl (C=O) groups is 1. The quantitative estimate of drug-likeness (QED) is 0.679. The summed E-state index contributed by atoms with van der Waals surface area (Å²) in [6.45, 7) is 6.02. The number of aromatic nitrogens is 1. The van der Waals surface area contributed by atoms with E-state index in [-0.39, 0.29) is 11.8 Å². The number of carbonyl (C=O) groups excluding carboxylic acids is 1. The first kappa shape index (κ1) is 15.0. The minimum absolute atomic E-state index is 0.146. The Balaban J connectivity index is 1.79. The van der Waals surface area contributed by atoms with Crippen LogP contribution in [0.15, 0.2) is 28.9 Å². The molecule has 4 heteroatoms. The van der Waals surface area contributed by atoms with Gasteiger partial charge in [-0.3, -0.25) is 9.36 Å². The first-order valence-corrected chi connectivity index (χ1v) is 8.97. The number of likely N-dealkylation sites (N-methyl/N-ethyl adjacent to an activating group) is 1. The van der Waals surface area contributed by atoms with Gasteiger partial charge in [-0.15, -0.1) is 0 Å². The van der Waals surface area contributed by atoms with Crippen molar-refractivity contribution in [3.8, 4) is 0 Å². The Morgan fingerprint density at radius 1 is 1.24 bits per heavy atom. The molecule has 1 aromatic carbocycles. The molecule has 0 radical (unpaired) electrons. The van der Waals surface area contributed by atoms with Gasteiger partial charge in [0, 0.05) is 36.2 Å². The highest BCUT2D eigenvalue weighted by atomic mass is 16.3. The highest BCUT2D eigenvalue weighted by molar-refractivity contribution is 6.03. The average molecular weight is 334 g/mol. The Hall–Kier alpha value is -2.33. The van der Waals surface area contributed by atoms with Crippen molar-refractivity contribution in [2.24, 2.45) is 0 Å². The molecule has 0 bridgehead atoms. The highest BCUT2D eigenvalue weighted by Crippen LogP contribution is 2.40. The molecule has 0 saturated heterocycles. The maximum atomic E-state index is 13.5. The smallest absolute Gasteiger partial charge is 0.239 e. The molecular weight excluding hydrogens is 312 g/mol. The number of nitrogens with zero attached hydrogens (tertiary/aromatic N) is 2. The molecule has 128 valence electrons. The predicted octanol–water partition coefficient (Wildman–Crippen LogP) is 3.82. The zero-order valence-electron chi connectivity index (χ0n) is 14.9. The summed E-state index contributed by atoms with van der Waals surface area (Å²) < 4.78 is 7.53. The molecule has 2 aliphatic heterocycles. The number of rotatable bonds is 1. The van der Waals surface area contributed by atoms with Crippen molar-refractivity contribution in [3.63, 3.8) is 0 Å². The number of benzene rings is 1. The van der Waals surface area contributed by atoms with Crippen LogP contribution in [0.1, 0.15) is 44.4 Å². The SMILES string of the molecule is Cc1cc2c3c(c1)c1c(n3C(=O)C(c3ccoc3C)C2)CCN(C)C1. The van der Waals surface area contributed by atoms with E-state index in [0.717, 1.165) is 42.8 Å². The summed E-state index contributed by atoms with van der Waals surface area (Å²) in [5.41, 5.74) is 7.29. The van der Waals surface area contributed by atoms with Crippen molar-refractivity contribution < 1.29 is 9.21 Å². The van der Waals surface area contributed by atoms with Crippen LogP contribution in [0, 0.1) is 13.8 Å². The van der Waals surface area contributed by atoms with Gasteiger partial charge in [-0.05, 0) is 50.6 Å². The van der Waals surface area contributed by atoms with Gasteiger partial charge in [-0.2, -0.15) is 0 Å². The van der Waals surface area contributed by atoms with Crippen molar-refractivity contribution in [2.45, 2.75) is 39.2 Å². The summed E-state index contributed by atoms with van der Waals surface area (Å²) in [4.78, 5) is 15.8. The van der Waals surface area contributed by atoms with Crippen molar-refractivity contribution in [1.82, 2.24) is 9.47 Å². The van der Waals surface area contributed by atoms with Gasteiger partial charge in [0.1, 0.15) is 5.76 Å². The largest absolute Gasteiger partial charge is 0.469 e. The first-order chi connectivity index (χ1) is 12.0. The van der Waals surface area contributed by atoms with Gasteiger partial charge in [0.05, 0.1) is 17.7 Å². The van der Waals surface area contributed by atoms with E-state index >= 15 is 0 Å². The zero-order chi connectivity index (χ0) is 17.3. The molecule has 5 rings (SSSR count). The molecule has 4 heterocycles. The molecule has 0 spiro atoms. The lowest BCUT2D eigenvalue weighted by molar-refractivity contribution is 0.0870. The molecule has 1 atom stereocenters. The Labute approximate surface area is 147 Å². The monoisotopic (exact) mass is 334 g/mol. The van der Waals surface area contributed by atoms with E-state index in [0.29, 0.717) is 0 Å². The van der Waals surface area contributed by atoms with E-state index in [1.54, 1.807) is 6.26 Å². The fourth-order valence-electron chi connectivity index (χ4n) is 4.72. The number of hydrogen-bond acceptors (Lipinski definition) is 3. The van der Waals surface area contributed by atoms with Crippen LogP contribution >= 0.6 is 0 Å². The third kappa shape index (κ3) is 2.00. The molecule has 0 amide bonds. The van der Waals surface area contributed by atoms with Crippen molar-refractivity contribution in [1.29, 1.82) is 0 Å².